The summed E-state index contributed by atoms with van der Waals surface area (Å²) in [5, 5.41) is 9.55. The van der Waals surface area contributed by atoms with E-state index in [9.17, 15) is 10.1 Å². The van der Waals surface area contributed by atoms with Gasteiger partial charge in [-0.05, 0) is 37.6 Å². The predicted molar refractivity (Wildman–Crippen MR) is 101 cm³/mol. The van der Waals surface area contributed by atoms with Gasteiger partial charge in [-0.1, -0.05) is 12.1 Å². The normalized spacial score (nSPS) is 21.6. The average Bonchev–Trinajstić information content (AvgIpc) is 2.98. The predicted octanol–water partition coefficient (Wildman–Crippen LogP) is 1.03. The van der Waals surface area contributed by atoms with Crippen LogP contribution in [0.2, 0.25) is 0 Å². The van der Waals surface area contributed by atoms with Gasteiger partial charge in [-0.2, -0.15) is 5.26 Å². The monoisotopic (exact) mass is 366 g/mol. The van der Waals surface area contributed by atoms with E-state index in [0.29, 0.717) is 16.9 Å². The third-order valence-electron chi connectivity index (χ3n) is 4.68. The minimum absolute atomic E-state index is 0.122. The number of primary amides is 1. The molecule has 8 nitrogen and oxygen atoms in total. The molecule has 6 N–H and O–H groups in total. The Morgan fingerprint density at radius 2 is 1.89 bits per heavy atom. The van der Waals surface area contributed by atoms with Crippen LogP contribution in [0.3, 0.4) is 0 Å². The van der Waals surface area contributed by atoms with Crippen molar-refractivity contribution in [3.05, 3.63) is 41.6 Å². The SMILES string of the molecule is CC1NNC(C)C1c1cc(-c2ccc(OCC(N)=O)cc2)c(C#N)c(N)n1. The molecule has 2 aromatic rings. The van der Waals surface area contributed by atoms with Crippen molar-refractivity contribution in [1.29, 1.82) is 5.26 Å². The van der Waals surface area contributed by atoms with Crippen LogP contribution in [0.1, 0.15) is 31.0 Å². The Balaban J connectivity index is 1.99. The highest BCUT2D eigenvalue weighted by Gasteiger charge is 2.33. The number of aromatic nitrogens is 1. The lowest BCUT2D eigenvalue weighted by atomic mass is 9.89. The number of anilines is 1. The summed E-state index contributed by atoms with van der Waals surface area (Å²) in [7, 11) is 0. The number of hydrogen-bond donors (Lipinski definition) is 4. The molecule has 1 aromatic carbocycles. The number of nitrogens with zero attached hydrogens (tertiary/aromatic N) is 2. The van der Waals surface area contributed by atoms with Gasteiger partial charge in [-0.15, -0.1) is 0 Å². The number of hydrazine groups is 1. The molecule has 0 aliphatic carbocycles. The van der Waals surface area contributed by atoms with E-state index < -0.39 is 5.91 Å². The lowest BCUT2D eigenvalue weighted by Crippen LogP contribution is -2.30. The highest BCUT2D eigenvalue weighted by Crippen LogP contribution is 2.33. The first-order valence-electron chi connectivity index (χ1n) is 8.63. The Hall–Kier alpha value is -3.15. The van der Waals surface area contributed by atoms with Crippen molar-refractivity contribution in [3.63, 3.8) is 0 Å². The number of pyridine rings is 1. The highest BCUT2D eigenvalue weighted by atomic mass is 16.5. The van der Waals surface area contributed by atoms with E-state index in [1.165, 1.54) is 0 Å². The van der Waals surface area contributed by atoms with E-state index in [-0.39, 0.29) is 30.4 Å². The van der Waals surface area contributed by atoms with Crippen LogP contribution in [0.25, 0.3) is 11.1 Å². The first kappa shape index (κ1) is 18.6. The van der Waals surface area contributed by atoms with Crippen LogP contribution < -0.4 is 27.1 Å². The Bertz CT molecular complexity index is 880. The minimum atomic E-state index is -0.542. The second-order valence-electron chi connectivity index (χ2n) is 6.64. The Morgan fingerprint density at radius 3 is 2.44 bits per heavy atom. The van der Waals surface area contributed by atoms with Gasteiger partial charge in [0, 0.05) is 29.3 Å². The molecule has 1 saturated heterocycles. The summed E-state index contributed by atoms with van der Waals surface area (Å²) in [5.41, 5.74) is 20.3. The quantitative estimate of drug-likeness (QED) is 0.620. The highest BCUT2D eigenvalue weighted by molar-refractivity contribution is 5.77. The zero-order valence-corrected chi connectivity index (χ0v) is 15.2. The standard InChI is InChI=1S/C19H22N6O2/c1-10-18(11(2)25-24-10)16-7-14(15(8-20)19(22)23-16)12-3-5-13(6-4-12)27-9-17(21)26/h3-7,10-11,18,24-25H,9H2,1-2H3,(H2,21,26)(H2,22,23). The van der Waals surface area contributed by atoms with Gasteiger partial charge >= 0.3 is 0 Å². The van der Waals surface area contributed by atoms with E-state index >= 15 is 0 Å². The Morgan fingerprint density at radius 1 is 1.26 bits per heavy atom. The maximum atomic E-state index is 10.8. The third kappa shape index (κ3) is 3.84. The molecule has 8 heteroatoms. The van der Waals surface area contributed by atoms with Gasteiger partial charge < -0.3 is 16.2 Å². The third-order valence-corrected chi connectivity index (χ3v) is 4.68. The fraction of sp³-hybridized carbons (Fsp3) is 0.316. The molecule has 0 spiro atoms. The first-order chi connectivity index (χ1) is 12.9. The summed E-state index contributed by atoms with van der Waals surface area (Å²) >= 11 is 0. The van der Waals surface area contributed by atoms with Crippen molar-refractivity contribution < 1.29 is 9.53 Å². The number of hydrogen-bond acceptors (Lipinski definition) is 7. The lowest BCUT2D eigenvalue weighted by Gasteiger charge is -2.19. The number of rotatable bonds is 5. The summed E-state index contributed by atoms with van der Waals surface area (Å²) in [5.74, 6) is 0.312. The largest absolute Gasteiger partial charge is 0.484 e. The lowest BCUT2D eigenvalue weighted by molar-refractivity contribution is -0.119. The summed E-state index contributed by atoms with van der Waals surface area (Å²) in [6, 6.07) is 11.5. The molecule has 2 atom stereocenters. The fourth-order valence-electron chi connectivity index (χ4n) is 3.37. The van der Waals surface area contributed by atoms with Crippen molar-refractivity contribution in [2.24, 2.45) is 5.73 Å². The van der Waals surface area contributed by atoms with Crippen molar-refractivity contribution in [2.75, 3.05) is 12.3 Å². The molecular formula is C19H22N6O2. The first-order valence-corrected chi connectivity index (χ1v) is 8.63. The maximum Gasteiger partial charge on any atom is 0.255 e. The molecule has 1 fully saturated rings. The van der Waals surface area contributed by atoms with Crippen molar-refractivity contribution >= 4 is 11.7 Å². The molecule has 27 heavy (non-hydrogen) atoms. The van der Waals surface area contributed by atoms with E-state index in [1.54, 1.807) is 12.1 Å². The zero-order chi connectivity index (χ0) is 19.6. The van der Waals surface area contributed by atoms with Crippen LogP contribution in [0, 0.1) is 11.3 Å². The molecule has 0 radical (unpaired) electrons. The topological polar surface area (TPSA) is 139 Å². The Kier molecular flexibility index (Phi) is 5.26. The molecule has 2 heterocycles. The molecule has 140 valence electrons. The number of carbonyl (C=O) groups is 1. The molecule has 0 bridgehead atoms. The Labute approximate surface area is 157 Å². The van der Waals surface area contributed by atoms with E-state index in [1.807, 2.05) is 18.2 Å². The van der Waals surface area contributed by atoms with E-state index in [4.69, 9.17) is 16.2 Å². The second-order valence-corrected chi connectivity index (χ2v) is 6.64. The van der Waals surface area contributed by atoms with Gasteiger partial charge in [0.15, 0.2) is 6.61 Å². The number of nitrogen functional groups attached to an aromatic ring is 1. The minimum Gasteiger partial charge on any atom is -0.484 e. The number of nitriles is 1. The van der Waals surface area contributed by atoms with Crippen LogP contribution in [0.15, 0.2) is 30.3 Å². The second kappa shape index (κ2) is 7.61. The smallest absolute Gasteiger partial charge is 0.255 e. The number of nitrogens with two attached hydrogens (primary N) is 2. The number of benzene rings is 1. The van der Waals surface area contributed by atoms with Gasteiger partial charge in [0.25, 0.3) is 5.91 Å². The molecule has 3 rings (SSSR count). The molecule has 1 aliphatic heterocycles. The van der Waals surface area contributed by atoms with Gasteiger partial charge in [0.2, 0.25) is 0 Å². The van der Waals surface area contributed by atoms with Gasteiger partial charge in [-0.25, -0.2) is 4.98 Å². The molecule has 1 aromatic heterocycles. The van der Waals surface area contributed by atoms with E-state index in [2.05, 4.69) is 35.8 Å². The number of nitrogens with one attached hydrogen (secondary N) is 2. The molecule has 0 saturated carbocycles. The fourth-order valence-corrected chi connectivity index (χ4v) is 3.37. The van der Waals surface area contributed by atoms with Gasteiger partial charge in [0.1, 0.15) is 23.2 Å². The van der Waals surface area contributed by atoms with Crippen molar-refractivity contribution in [1.82, 2.24) is 15.8 Å². The average molecular weight is 366 g/mol. The molecule has 1 aliphatic rings. The van der Waals surface area contributed by atoms with Gasteiger partial charge in [0.05, 0.1) is 0 Å². The van der Waals surface area contributed by atoms with Crippen LogP contribution in [0.5, 0.6) is 5.75 Å². The van der Waals surface area contributed by atoms with Crippen LogP contribution >= 0.6 is 0 Å². The summed E-state index contributed by atoms with van der Waals surface area (Å²) in [4.78, 5) is 15.3. The van der Waals surface area contributed by atoms with Crippen LogP contribution in [-0.4, -0.2) is 29.6 Å². The molecule has 2 unspecified atom stereocenters. The maximum absolute atomic E-state index is 10.8. The number of ether oxygens (including phenoxy) is 1. The molecular weight excluding hydrogens is 344 g/mol. The van der Waals surface area contributed by atoms with Crippen LogP contribution in [0.4, 0.5) is 5.82 Å². The summed E-state index contributed by atoms with van der Waals surface area (Å²) in [6.07, 6.45) is 0. The van der Waals surface area contributed by atoms with E-state index in [0.717, 1.165) is 11.3 Å². The summed E-state index contributed by atoms with van der Waals surface area (Å²) < 4.78 is 5.28. The molecule has 1 amide bonds. The van der Waals surface area contributed by atoms with Gasteiger partial charge in [-0.3, -0.25) is 15.6 Å². The van der Waals surface area contributed by atoms with Crippen molar-refractivity contribution in [3.8, 4) is 22.9 Å². The zero-order valence-electron chi connectivity index (χ0n) is 15.2. The number of amides is 1. The van der Waals surface area contributed by atoms with Crippen molar-refractivity contribution in [2.45, 2.75) is 31.8 Å². The van der Waals surface area contributed by atoms with Crippen LogP contribution in [-0.2, 0) is 4.79 Å². The number of carbonyl (C=O) groups excluding carboxylic acids is 1. The summed E-state index contributed by atoms with van der Waals surface area (Å²) in [6.45, 7) is 3.95.